The minimum absolute atomic E-state index is 0.247. The Hall–Kier alpha value is -2.22. The molecule has 0 aliphatic rings. The SMILES string of the molecule is COC(=O)CCc1ccc(OCCC(C)Oc2ccc(C(F)(F)F)cc2Br)cc1C. The summed E-state index contributed by atoms with van der Waals surface area (Å²) in [4.78, 5) is 11.3. The molecule has 0 amide bonds. The Kier molecular flexibility index (Phi) is 8.58. The van der Waals surface area contributed by atoms with Gasteiger partial charge in [0.05, 0.1) is 29.9 Å². The average molecular weight is 489 g/mol. The molecule has 30 heavy (non-hydrogen) atoms. The molecule has 0 saturated carbocycles. The first kappa shape index (κ1) is 24.1. The van der Waals surface area contributed by atoms with Crippen molar-refractivity contribution < 1.29 is 32.2 Å². The number of carbonyl (C=O) groups excluding carboxylic acids is 1. The van der Waals surface area contributed by atoms with Gasteiger partial charge in [0.1, 0.15) is 11.5 Å². The van der Waals surface area contributed by atoms with Gasteiger partial charge in [-0.25, -0.2) is 0 Å². The van der Waals surface area contributed by atoms with Gasteiger partial charge >= 0.3 is 12.1 Å². The third-order valence-electron chi connectivity index (χ3n) is 4.52. The van der Waals surface area contributed by atoms with Gasteiger partial charge in [0.15, 0.2) is 0 Å². The Balaban J connectivity index is 1.84. The third kappa shape index (κ3) is 7.23. The zero-order valence-electron chi connectivity index (χ0n) is 17.0. The number of esters is 1. The highest BCUT2D eigenvalue weighted by Crippen LogP contribution is 2.35. The summed E-state index contributed by atoms with van der Waals surface area (Å²) < 4.78 is 54.6. The van der Waals surface area contributed by atoms with E-state index in [0.717, 1.165) is 23.3 Å². The summed E-state index contributed by atoms with van der Waals surface area (Å²) in [5.41, 5.74) is 1.34. The summed E-state index contributed by atoms with van der Waals surface area (Å²) in [7, 11) is 1.37. The Labute approximate surface area is 182 Å². The predicted octanol–water partition coefficient (Wildman–Crippen LogP) is 6.12. The van der Waals surface area contributed by atoms with Crippen LogP contribution in [0.25, 0.3) is 0 Å². The van der Waals surface area contributed by atoms with Crippen molar-refractivity contribution in [1.29, 1.82) is 0 Å². The maximum absolute atomic E-state index is 12.7. The topological polar surface area (TPSA) is 44.8 Å². The smallest absolute Gasteiger partial charge is 0.416 e. The van der Waals surface area contributed by atoms with Crippen molar-refractivity contribution in [2.24, 2.45) is 0 Å². The maximum atomic E-state index is 12.7. The zero-order chi connectivity index (χ0) is 22.3. The van der Waals surface area contributed by atoms with E-state index in [1.807, 2.05) is 32.0 Å². The first-order valence-corrected chi connectivity index (χ1v) is 10.2. The van der Waals surface area contributed by atoms with E-state index in [0.29, 0.717) is 37.4 Å². The molecule has 0 aliphatic heterocycles. The van der Waals surface area contributed by atoms with Crippen LogP contribution in [0.3, 0.4) is 0 Å². The van der Waals surface area contributed by atoms with Crippen LogP contribution in [-0.4, -0.2) is 25.8 Å². The highest BCUT2D eigenvalue weighted by molar-refractivity contribution is 9.10. The van der Waals surface area contributed by atoms with Gasteiger partial charge in [0.2, 0.25) is 0 Å². The molecule has 0 aromatic heterocycles. The number of carbonyl (C=O) groups is 1. The molecule has 1 atom stereocenters. The van der Waals surface area contributed by atoms with Gasteiger partial charge in [-0.2, -0.15) is 13.2 Å². The molecule has 2 aromatic rings. The molecule has 0 bridgehead atoms. The molecule has 0 saturated heterocycles. The fourth-order valence-corrected chi connectivity index (χ4v) is 3.24. The normalized spacial score (nSPS) is 12.4. The number of benzene rings is 2. The molecule has 0 radical (unpaired) electrons. The van der Waals surface area contributed by atoms with Crippen molar-refractivity contribution in [3.8, 4) is 11.5 Å². The van der Waals surface area contributed by atoms with Gasteiger partial charge in [0, 0.05) is 12.8 Å². The fraction of sp³-hybridized carbons (Fsp3) is 0.409. The second-order valence-corrected chi connectivity index (χ2v) is 7.73. The van der Waals surface area contributed by atoms with E-state index < -0.39 is 11.7 Å². The van der Waals surface area contributed by atoms with Gasteiger partial charge in [-0.15, -0.1) is 0 Å². The summed E-state index contributed by atoms with van der Waals surface area (Å²) >= 11 is 3.13. The van der Waals surface area contributed by atoms with Crippen LogP contribution in [0, 0.1) is 6.92 Å². The van der Waals surface area contributed by atoms with E-state index in [4.69, 9.17) is 9.47 Å². The lowest BCUT2D eigenvalue weighted by molar-refractivity contribution is -0.140. The van der Waals surface area contributed by atoms with Gasteiger partial charge in [0.25, 0.3) is 0 Å². The maximum Gasteiger partial charge on any atom is 0.416 e. The molecule has 0 fully saturated rings. The van der Waals surface area contributed by atoms with Crippen molar-refractivity contribution in [3.05, 3.63) is 57.6 Å². The molecule has 0 N–H and O–H groups in total. The molecule has 4 nitrogen and oxygen atoms in total. The average Bonchev–Trinajstić information content (AvgIpc) is 2.67. The van der Waals surface area contributed by atoms with E-state index in [2.05, 4.69) is 20.7 Å². The van der Waals surface area contributed by atoms with Crippen LogP contribution >= 0.6 is 15.9 Å². The molecule has 1 unspecified atom stereocenters. The lowest BCUT2D eigenvalue weighted by Gasteiger charge is -2.17. The van der Waals surface area contributed by atoms with Crippen LogP contribution in [0.15, 0.2) is 40.9 Å². The molecular formula is C22H24BrF3O4. The first-order valence-electron chi connectivity index (χ1n) is 9.42. The van der Waals surface area contributed by atoms with Crippen LogP contribution in [-0.2, 0) is 22.1 Å². The summed E-state index contributed by atoms with van der Waals surface area (Å²) in [6.07, 6.45) is -3.17. The standard InChI is InChI=1S/C22H24BrF3O4/c1-14-12-18(7-4-16(14)5-9-21(27)28-3)29-11-10-15(2)30-20-8-6-17(13-19(20)23)22(24,25)26/h4,6-8,12-13,15H,5,9-11H2,1-3H3. The minimum atomic E-state index is -4.40. The number of hydrogen-bond donors (Lipinski definition) is 0. The fourth-order valence-electron chi connectivity index (χ4n) is 2.77. The molecule has 2 aromatic carbocycles. The number of methoxy groups -OCH3 is 1. The van der Waals surface area contributed by atoms with Crippen molar-refractivity contribution >= 4 is 21.9 Å². The van der Waals surface area contributed by atoms with Gasteiger partial charge in [-0.05, 0) is 77.7 Å². The monoisotopic (exact) mass is 488 g/mol. The Bertz CT molecular complexity index is 868. The summed E-state index contributed by atoms with van der Waals surface area (Å²) in [6.45, 7) is 4.17. The lowest BCUT2D eigenvalue weighted by Crippen LogP contribution is -2.16. The zero-order valence-corrected chi connectivity index (χ0v) is 18.6. The molecule has 0 aliphatic carbocycles. The van der Waals surface area contributed by atoms with Crippen LogP contribution in [0.4, 0.5) is 13.2 Å². The molecule has 8 heteroatoms. The van der Waals surface area contributed by atoms with Crippen LogP contribution < -0.4 is 9.47 Å². The summed E-state index contributed by atoms with van der Waals surface area (Å²) in [6, 6.07) is 8.98. The number of alkyl halides is 3. The van der Waals surface area contributed by atoms with E-state index in [1.54, 1.807) is 0 Å². The Morgan fingerprint density at radius 2 is 1.90 bits per heavy atom. The van der Waals surface area contributed by atoms with Crippen molar-refractivity contribution in [1.82, 2.24) is 0 Å². The first-order chi connectivity index (χ1) is 14.1. The van der Waals surface area contributed by atoms with Crippen LogP contribution in [0.2, 0.25) is 0 Å². The minimum Gasteiger partial charge on any atom is -0.493 e. The molecule has 164 valence electrons. The van der Waals surface area contributed by atoms with E-state index in [-0.39, 0.29) is 16.5 Å². The van der Waals surface area contributed by atoms with Crippen LogP contribution in [0.1, 0.15) is 36.5 Å². The van der Waals surface area contributed by atoms with E-state index >= 15 is 0 Å². The van der Waals surface area contributed by atoms with E-state index in [1.165, 1.54) is 13.2 Å². The number of hydrogen-bond acceptors (Lipinski definition) is 4. The number of halogens is 4. The highest BCUT2D eigenvalue weighted by Gasteiger charge is 2.31. The lowest BCUT2D eigenvalue weighted by atomic mass is 10.0. The number of ether oxygens (including phenoxy) is 3. The Morgan fingerprint density at radius 1 is 1.17 bits per heavy atom. The highest BCUT2D eigenvalue weighted by atomic mass is 79.9. The second kappa shape index (κ2) is 10.7. The molecule has 0 heterocycles. The van der Waals surface area contributed by atoms with Crippen molar-refractivity contribution in [2.45, 2.75) is 45.4 Å². The quantitative estimate of drug-likeness (QED) is 0.399. The molecule has 2 rings (SSSR count). The second-order valence-electron chi connectivity index (χ2n) is 6.87. The summed E-state index contributed by atoms with van der Waals surface area (Å²) in [5.74, 6) is 0.807. The predicted molar refractivity (Wildman–Crippen MR) is 111 cm³/mol. The van der Waals surface area contributed by atoms with Gasteiger partial charge in [-0.3, -0.25) is 4.79 Å². The van der Waals surface area contributed by atoms with Gasteiger partial charge < -0.3 is 14.2 Å². The number of rotatable bonds is 9. The third-order valence-corrected chi connectivity index (χ3v) is 5.14. The summed E-state index contributed by atoms with van der Waals surface area (Å²) in [5, 5.41) is 0. The van der Waals surface area contributed by atoms with Gasteiger partial charge in [-0.1, -0.05) is 6.07 Å². The van der Waals surface area contributed by atoms with Crippen LogP contribution in [0.5, 0.6) is 11.5 Å². The van der Waals surface area contributed by atoms with Crippen molar-refractivity contribution in [2.75, 3.05) is 13.7 Å². The molecular weight excluding hydrogens is 465 g/mol. The van der Waals surface area contributed by atoms with Crippen molar-refractivity contribution in [3.63, 3.8) is 0 Å². The number of aryl methyl sites for hydroxylation is 2. The largest absolute Gasteiger partial charge is 0.493 e. The van der Waals surface area contributed by atoms with E-state index in [9.17, 15) is 18.0 Å². The Morgan fingerprint density at radius 3 is 2.50 bits per heavy atom. The molecule has 0 spiro atoms.